The highest BCUT2D eigenvalue weighted by Gasteiger charge is 2.21. The number of hydrogen-bond acceptors (Lipinski definition) is 6. The van der Waals surface area contributed by atoms with Crippen molar-refractivity contribution in [2.75, 3.05) is 19.8 Å². The number of carbonyl (C=O) groups is 2. The van der Waals surface area contributed by atoms with E-state index in [0.717, 1.165) is 16.7 Å². The molecule has 11 heteroatoms. The highest BCUT2D eigenvalue weighted by atomic mass is 32.2. The van der Waals surface area contributed by atoms with Crippen LogP contribution in [0, 0.1) is 12.7 Å². The van der Waals surface area contributed by atoms with E-state index in [2.05, 4.69) is 9.97 Å². The van der Waals surface area contributed by atoms with Crippen LogP contribution < -0.4 is 5.73 Å². The molecule has 0 spiro atoms. The summed E-state index contributed by atoms with van der Waals surface area (Å²) in [5.74, 6) is -1.41. The molecule has 35 heavy (non-hydrogen) atoms. The number of fused-ring (bicyclic) bond motifs is 1. The molecule has 0 unspecified atom stereocenters. The Balaban J connectivity index is 1.84. The smallest absolute Gasteiger partial charge is 0.254 e. The predicted octanol–water partition coefficient (Wildman–Crippen LogP) is 2.50. The van der Waals surface area contributed by atoms with Crippen molar-refractivity contribution in [2.24, 2.45) is 5.73 Å². The molecular formula is C24H22FN5O4S. The zero-order chi connectivity index (χ0) is 25.5. The molecule has 0 atom stereocenters. The number of nitrogens with zero attached hydrogens (tertiary/aromatic N) is 4. The van der Waals surface area contributed by atoms with Crippen molar-refractivity contribution in [1.82, 2.24) is 19.4 Å². The van der Waals surface area contributed by atoms with E-state index in [0.29, 0.717) is 22.0 Å². The third-order valence-corrected chi connectivity index (χ3v) is 6.57. The lowest BCUT2D eigenvalue weighted by atomic mass is 10.1. The molecular weight excluding hydrogens is 473 g/mol. The molecule has 2 amide bonds. The normalized spacial score (nSPS) is 11.5. The summed E-state index contributed by atoms with van der Waals surface area (Å²) in [4.78, 5) is 33.8. The highest BCUT2D eigenvalue weighted by Crippen LogP contribution is 2.29. The van der Waals surface area contributed by atoms with Crippen LogP contribution in [-0.4, -0.2) is 59.5 Å². The van der Waals surface area contributed by atoms with E-state index in [9.17, 15) is 22.4 Å². The van der Waals surface area contributed by atoms with Crippen LogP contribution in [0.15, 0.2) is 59.9 Å². The average Bonchev–Trinajstić information content (AvgIpc) is 3.19. The Morgan fingerprint density at radius 3 is 2.43 bits per heavy atom. The van der Waals surface area contributed by atoms with Gasteiger partial charge in [-0.3, -0.25) is 14.2 Å². The number of sulfone groups is 1. The van der Waals surface area contributed by atoms with Gasteiger partial charge in [-0.25, -0.2) is 22.8 Å². The number of primary amides is 1. The Morgan fingerprint density at radius 1 is 1.11 bits per heavy atom. The first-order chi connectivity index (χ1) is 16.5. The number of aryl methyl sites for hydroxylation is 1. The van der Waals surface area contributed by atoms with Crippen LogP contribution in [0.25, 0.3) is 28.0 Å². The van der Waals surface area contributed by atoms with Gasteiger partial charge in [0.05, 0.1) is 17.0 Å². The van der Waals surface area contributed by atoms with E-state index in [-0.39, 0.29) is 23.0 Å². The Hall–Kier alpha value is -4.12. The average molecular weight is 496 g/mol. The van der Waals surface area contributed by atoms with Gasteiger partial charge < -0.3 is 10.6 Å². The second-order valence-electron chi connectivity index (χ2n) is 8.25. The lowest BCUT2D eigenvalue weighted by Crippen LogP contribution is -2.35. The molecule has 2 aromatic heterocycles. The number of carbonyl (C=O) groups excluding carboxylic acids is 2. The number of halogens is 1. The SMILES string of the molecule is Cc1ccc(F)c(-c2cnc(-n3cc(S(C)(=O)=O)c4ccc(C(=O)N(C)CC(N)=O)cc43)nc2)c1. The maximum Gasteiger partial charge on any atom is 0.254 e. The standard InChI is InChI=1S/C24H22FN5O4S/c1-14-4-7-19(25)18(8-14)16-10-27-24(28-11-16)30-12-21(35(3,33)34)17-6-5-15(9-20(17)30)23(32)29(2)13-22(26)31/h4-12H,13H2,1-3H3,(H2,26,31). The molecule has 2 heterocycles. The predicted molar refractivity (Wildman–Crippen MR) is 128 cm³/mol. The van der Waals surface area contributed by atoms with Gasteiger partial charge in [0.2, 0.25) is 11.9 Å². The van der Waals surface area contributed by atoms with Crippen molar-refractivity contribution in [2.45, 2.75) is 11.8 Å². The summed E-state index contributed by atoms with van der Waals surface area (Å²) in [6.45, 7) is 1.57. The summed E-state index contributed by atoms with van der Waals surface area (Å²) in [6, 6.07) is 9.20. The number of benzene rings is 2. The Bertz CT molecular complexity index is 1580. The fourth-order valence-electron chi connectivity index (χ4n) is 3.76. The third-order valence-electron chi connectivity index (χ3n) is 5.44. The van der Waals surface area contributed by atoms with Crippen molar-refractivity contribution in [3.05, 3.63) is 71.9 Å². The van der Waals surface area contributed by atoms with Crippen LogP contribution in [0.5, 0.6) is 0 Å². The molecule has 0 saturated heterocycles. The second kappa shape index (κ2) is 8.91. The van der Waals surface area contributed by atoms with Crippen molar-refractivity contribution in [1.29, 1.82) is 0 Å². The van der Waals surface area contributed by atoms with E-state index >= 15 is 0 Å². The zero-order valence-electron chi connectivity index (χ0n) is 19.2. The molecule has 0 aliphatic rings. The fraction of sp³-hybridized carbons (Fsp3) is 0.167. The van der Waals surface area contributed by atoms with Crippen molar-refractivity contribution < 1.29 is 22.4 Å². The molecule has 0 saturated carbocycles. The number of likely N-dealkylation sites (N-methyl/N-ethyl adjacent to an activating group) is 1. The minimum Gasteiger partial charge on any atom is -0.368 e. The summed E-state index contributed by atoms with van der Waals surface area (Å²) in [6.07, 6.45) is 5.35. The quantitative estimate of drug-likeness (QED) is 0.438. The van der Waals surface area contributed by atoms with Gasteiger partial charge in [0.15, 0.2) is 9.84 Å². The molecule has 180 valence electrons. The van der Waals surface area contributed by atoms with Crippen LogP contribution in [0.4, 0.5) is 4.39 Å². The number of aromatic nitrogens is 3. The topological polar surface area (TPSA) is 128 Å². The minimum atomic E-state index is -3.63. The fourth-order valence-corrected chi connectivity index (χ4v) is 4.63. The van der Waals surface area contributed by atoms with Crippen LogP contribution in [0.2, 0.25) is 0 Å². The van der Waals surface area contributed by atoms with E-state index in [1.54, 1.807) is 12.1 Å². The summed E-state index contributed by atoms with van der Waals surface area (Å²) >= 11 is 0. The van der Waals surface area contributed by atoms with Crippen LogP contribution in [0.3, 0.4) is 0 Å². The molecule has 4 rings (SSSR count). The maximum atomic E-state index is 14.3. The minimum absolute atomic E-state index is 0.0365. The van der Waals surface area contributed by atoms with E-state index < -0.39 is 27.5 Å². The Kier molecular flexibility index (Phi) is 6.12. The van der Waals surface area contributed by atoms with Gasteiger partial charge in [-0.1, -0.05) is 17.7 Å². The molecule has 2 aromatic carbocycles. The molecule has 4 aromatic rings. The summed E-state index contributed by atoms with van der Waals surface area (Å²) in [5.41, 5.74) is 7.45. The molecule has 0 bridgehead atoms. The summed E-state index contributed by atoms with van der Waals surface area (Å²) < 4.78 is 40.6. The first kappa shape index (κ1) is 24.0. The van der Waals surface area contributed by atoms with Gasteiger partial charge in [-0.15, -0.1) is 0 Å². The van der Waals surface area contributed by atoms with Gasteiger partial charge in [-0.2, -0.15) is 0 Å². The third kappa shape index (κ3) is 4.76. The Labute approximate surface area is 200 Å². The van der Waals surface area contributed by atoms with Crippen LogP contribution in [0.1, 0.15) is 15.9 Å². The van der Waals surface area contributed by atoms with Crippen molar-refractivity contribution >= 4 is 32.6 Å². The Morgan fingerprint density at radius 2 is 1.80 bits per heavy atom. The lowest BCUT2D eigenvalue weighted by molar-refractivity contribution is -0.118. The summed E-state index contributed by atoms with van der Waals surface area (Å²) in [5, 5.41) is 0.374. The van der Waals surface area contributed by atoms with Crippen LogP contribution in [-0.2, 0) is 14.6 Å². The highest BCUT2D eigenvalue weighted by molar-refractivity contribution is 7.91. The van der Waals surface area contributed by atoms with Gasteiger partial charge in [0.1, 0.15) is 5.82 Å². The van der Waals surface area contributed by atoms with Gasteiger partial charge in [0.25, 0.3) is 5.91 Å². The van der Waals surface area contributed by atoms with Gasteiger partial charge in [0, 0.05) is 54.0 Å². The molecule has 2 N–H and O–H groups in total. The monoisotopic (exact) mass is 495 g/mol. The second-order valence-corrected chi connectivity index (χ2v) is 10.2. The summed E-state index contributed by atoms with van der Waals surface area (Å²) in [7, 11) is -2.19. The van der Waals surface area contributed by atoms with E-state index in [1.165, 1.54) is 54.5 Å². The molecule has 0 aliphatic heterocycles. The lowest BCUT2D eigenvalue weighted by Gasteiger charge is -2.15. The number of rotatable bonds is 6. The number of hydrogen-bond donors (Lipinski definition) is 1. The molecule has 0 radical (unpaired) electrons. The molecule has 0 fully saturated rings. The maximum absolute atomic E-state index is 14.3. The first-order valence-electron chi connectivity index (χ1n) is 10.4. The van der Waals surface area contributed by atoms with Crippen molar-refractivity contribution in [3.63, 3.8) is 0 Å². The van der Waals surface area contributed by atoms with E-state index in [4.69, 9.17) is 5.73 Å². The number of nitrogens with two attached hydrogens (primary N) is 1. The van der Waals surface area contributed by atoms with E-state index in [1.807, 2.05) is 6.92 Å². The van der Waals surface area contributed by atoms with Gasteiger partial charge >= 0.3 is 0 Å². The van der Waals surface area contributed by atoms with Crippen molar-refractivity contribution in [3.8, 4) is 17.1 Å². The largest absolute Gasteiger partial charge is 0.368 e. The first-order valence-corrected chi connectivity index (χ1v) is 12.3. The van der Waals surface area contributed by atoms with Gasteiger partial charge in [-0.05, 0) is 31.2 Å². The molecule has 9 nitrogen and oxygen atoms in total. The number of amides is 2. The molecule has 0 aliphatic carbocycles. The van der Waals surface area contributed by atoms with Crippen LogP contribution >= 0.6 is 0 Å². The zero-order valence-corrected chi connectivity index (χ0v) is 20.0.